The molecule has 0 fully saturated rings. The largest absolute Gasteiger partial charge is 0.408 e. The van der Waals surface area contributed by atoms with Gasteiger partial charge in [0.15, 0.2) is 0 Å². The zero-order valence-electron chi connectivity index (χ0n) is 14.7. The molecule has 0 bridgehead atoms. The molecule has 0 N–H and O–H groups in total. The van der Waals surface area contributed by atoms with Crippen LogP contribution in [-0.2, 0) is 4.43 Å². The van der Waals surface area contributed by atoms with Crippen LogP contribution in [0.4, 0.5) is 0 Å². The molecule has 0 heterocycles. The summed E-state index contributed by atoms with van der Waals surface area (Å²) < 4.78 is 6.72. The van der Waals surface area contributed by atoms with Crippen LogP contribution in [0.15, 0.2) is 60.7 Å². The molecule has 0 aliphatic heterocycles. The van der Waals surface area contributed by atoms with Crippen molar-refractivity contribution in [3.63, 3.8) is 0 Å². The van der Waals surface area contributed by atoms with Crippen molar-refractivity contribution in [3.05, 3.63) is 60.7 Å². The Morgan fingerprint density at radius 1 is 0.875 bits per heavy atom. The predicted octanol–water partition coefficient (Wildman–Crippen LogP) is 4.37. The molecule has 0 spiro atoms. The van der Waals surface area contributed by atoms with Gasteiger partial charge in [-0.15, -0.1) is 12.3 Å². The molecule has 0 radical (unpaired) electrons. The molecule has 1 nitrogen and oxygen atoms in total. The molecule has 2 rings (SSSR count). The second-order valence-corrected chi connectivity index (χ2v) is 9.77. The van der Waals surface area contributed by atoms with Gasteiger partial charge in [-0.25, -0.2) is 0 Å². The van der Waals surface area contributed by atoms with E-state index in [-0.39, 0.29) is 0 Å². The van der Waals surface area contributed by atoms with Crippen LogP contribution in [-0.4, -0.2) is 14.9 Å². The van der Waals surface area contributed by atoms with E-state index >= 15 is 0 Å². The highest BCUT2D eigenvalue weighted by Crippen LogP contribution is 2.18. The Labute approximate surface area is 148 Å². The first-order valence-electron chi connectivity index (χ1n) is 9.02. The molecule has 0 atom stereocenters. The third kappa shape index (κ3) is 4.83. The van der Waals surface area contributed by atoms with Gasteiger partial charge < -0.3 is 4.43 Å². The lowest BCUT2D eigenvalue weighted by atomic mass is 10.2. The second kappa shape index (κ2) is 10.1. The maximum atomic E-state index is 6.72. The summed E-state index contributed by atoms with van der Waals surface area (Å²) >= 11 is 0. The summed E-state index contributed by atoms with van der Waals surface area (Å²) in [6, 6.07) is 22.8. The van der Waals surface area contributed by atoms with Crippen molar-refractivity contribution in [3.8, 4) is 12.3 Å². The minimum absolute atomic E-state index is 0.793. The van der Waals surface area contributed by atoms with Gasteiger partial charge in [-0.05, 0) is 29.3 Å². The standard InChI is InChI=1S/C22H28OSi/c1-3-5-7-14-19-23-24(20-6-4-2,21-15-10-8-11-16-21)22-17-12-9-13-18-22/h1,8-13,15-18H,4-7,14,19-20H2,2H3. The Kier molecular flexibility index (Phi) is 7.81. The van der Waals surface area contributed by atoms with Crippen molar-refractivity contribution >= 4 is 18.7 Å². The van der Waals surface area contributed by atoms with Crippen LogP contribution in [0.1, 0.15) is 39.0 Å². The zero-order valence-corrected chi connectivity index (χ0v) is 15.7. The summed E-state index contributed by atoms with van der Waals surface area (Å²) in [5, 5.41) is 2.75. The first-order chi connectivity index (χ1) is 11.8. The highest BCUT2D eigenvalue weighted by molar-refractivity contribution is 6.97. The first kappa shape index (κ1) is 18.5. The van der Waals surface area contributed by atoms with Gasteiger partial charge in [-0.1, -0.05) is 80.4 Å². The SMILES string of the molecule is C#CCCCCO[Si](CCCC)(c1ccccc1)c1ccccc1. The van der Waals surface area contributed by atoms with Crippen LogP contribution in [0.5, 0.6) is 0 Å². The van der Waals surface area contributed by atoms with Crippen molar-refractivity contribution in [1.29, 1.82) is 0 Å². The lowest BCUT2D eigenvalue weighted by Crippen LogP contribution is -2.60. The van der Waals surface area contributed by atoms with Crippen LogP contribution in [0.3, 0.4) is 0 Å². The average Bonchev–Trinajstić information content (AvgIpc) is 2.66. The summed E-state index contributed by atoms with van der Waals surface area (Å²) in [5.74, 6) is 2.72. The van der Waals surface area contributed by atoms with Crippen molar-refractivity contribution in [2.75, 3.05) is 6.61 Å². The summed E-state index contributed by atoms with van der Waals surface area (Å²) in [7, 11) is -2.18. The van der Waals surface area contributed by atoms with E-state index in [9.17, 15) is 0 Å². The molecule has 0 aromatic heterocycles. The predicted molar refractivity (Wildman–Crippen MR) is 106 cm³/mol. The molecule has 126 valence electrons. The monoisotopic (exact) mass is 336 g/mol. The van der Waals surface area contributed by atoms with Crippen LogP contribution >= 0.6 is 0 Å². The van der Waals surface area contributed by atoms with Gasteiger partial charge in [0, 0.05) is 13.0 Å². The summed E-state index contributed by atoms with van der Waals surface area (Å²) in [6.45, 7) is 3.05. The number of hydrogen-bond donors (Lipinski definition) is 0. The maximum Gasteiger partial charge on any atom is 0.255 e. The van der Waals surface area contributed by atoms with E-state index in [1.807, 2.05) is 0 Å². The Morgan fingerprint density at radius 2 is 1.46 bits per heavy atom. The summed E-state index contributed by atoms with van der Waals surface area (Å²) in [6.07, 6.45) is 10.7. The number of rotatable bonds is 10. The van der Waals surface area contributed by atoms with Crippen LogP contribution in [0, 0.1) is 12.3 Å². The topological polar surface area (TPSA) is 9.23 Å². The van der Waals surface area contributed by atoms with Gasteiger partial charge in [0.2, 0.25) is 0 Å². The lowest BCUT2D eigenvalue weighted by Gasteiger charge is -2.32. The molecule has 0 saturated heterocycles. The Balaban J connectivity index is 2.31. The Hall–Kier alpha value is -1.82. The number of terminal acetylenes is 1. The third-order valence-corrected chi connectivity index (χ3v) is 8.71. The van der Waals surface area contributed by atoms with Crippen molar-refractivity contribution in [2.24, 2.45) is 0 Å². The van der Waals surface area contributed by atoms with E-state index in [1.54, 1.807) is 0 Å². The highest BCUT2D eigenvalue weighted by Gasteiger charge is 2.38. The Bertz CT molecular complexity index is 576. The van der Waals surface area contributed by atoms with Crippen molar-refractivity contribution in [2.45, 2.75) is 45.1 Å². The molecular formula is C22H28OSi. The lowest BCUT2D eigenvalue weighted by molar-refractivity contribution is 0.304. The van der Waals surface area contributed by atoms with Crippen LogP contribution in [0.2, 0.25) is 6.04 Å². The van der Waals surface area contributed by atoms with Crippen molar-refractivity contribution in [1.82, 2.24) is 0 Å². The fourth-order valence-electron chi connectivity index (χ4n) is 3.11. The normalized spacial score (nSPS) is 11.2. The van der Waals surface area contributed by atoms with Gasteiger partial charge in [0.05, 0.1) is 0 Å². The number of benzene rings is 2. The van der Waals surface area contributed by atoms with Gasteiger partial charge in [0.1, 0.15) is 0 Å². The summed E-state index contributed by atoms with van der Waals surface area (Å²) in [5.41, 5.74) is 0. The highest BCUT2D eigenvalue weighted by atomic mass is 28.4. The van der Waals surface area contributed by atoms with Gasteiger partial charge in [-0.2, -0.15) is 0 Å². The second-order valence-electron chi connectivity index (χ2n) is 6.17. The minimum Gasteiger partial charge on any atom is -0.408 e. The van der Waals surface area contributed by atoms with Gasteiger partial charge in [0.25, 0.3) is 8.32 Å². The molecular weight excluding hydrogens is 308 g/mol. The van der Waals surface area contributed by atoms with Gasteiger partial charge >= 0.3 is 0 Å². The zero-order chi connectivity index (χ0) is 17.1. The molecule has 2 aromatic carbocycles. The third-order valence-electron chi connectivity index (χ3n) is 4.43. The van der Waals surface area contributed by atoms with Crippen LogP contribution in [0.25, 0.3) is 0 Å². The molecule has 2 heteroatoms. The molecule has 24 heavy (non-hydrogen) atoms. The number of hydrogen-bond acceptors (Lipinski definition) is 1. The Morgan fingerprint density at radius 3 is 1.96 bits per heavy atom. The van der Waals surface area contributed by atoms with E-state index in [1.165, 1.54) is 23.2 Å². The van der Waals surface area contributed by atoms with E-state index in [4.69, 9.17) is 10.8 Å². The van der Waals surface area contributed by atoms with Crippen LogP contribution < -0.4 is 10.4 Å². The molecule has 0 amide bonds. The number of unbranched alkanes of at least 4 members (excludes halogenated alkanes) is 3. The van der Waals surface area contributed by atoms with E-state index < -0.39 is 8.32 Å². The first-order valence-corrected chi connectivity index (χ1v) is 11.1. The average molecular weight is 337 g/mol. The minimum atomic E-state index is -2.18. The molecule has 2 aromatic rings. The smallest absolute Gasteiger partial charge is 0.255 e. The van der Waals surface area contributed by atoms with Crippen molar-refractivity contribution < 1.29 is 4.43 Å². The maximum absolute atomic E-state index is 6.72. The molecule has 0 unspecified atom stereocenters. The van der Waals surface area contributed by atoms with E-state index in [2.05, 4.69) is 73.5 Å². The fourth-order valence-corrected chi connectivity index (χ4v) is 7.30. The van der Waals surface area contributed by atoms with E-state index in [0.29, 0.717) is 0 Å². The molecule has 0 aliphatic carbocycles. The van der Waals surface area contributed by atoms with Gasteiger partial charge in [-0.3, -0.25) is 0 Å². The summed E-state index contributed by atoms with van der Waals surface area (Å²) in [4.78, 5) is 0. The molecule has 0 saturated carbocycles. The molecule has 0 aliphatic rings. The quantitative estimate of drug-likeness (QED) is 0.356. The fraction of sp³-hybridized carbons (Fsp3) is 0.364. The van der Waals surface area contributed by atoms with E-state index in [0.717, 1.165) is 31.9 Å².